The molecule has 0 nitrogen and oxygen atoms in total. The molecule has 0 aliphatic heterocycles. The molecular formula is C12H10Si. The summed E-state index contributed by atoms with van der Waals surface area (Å²) in [6, 6.07) is 21.2. The molecule has 1 heteroatoms. The molecule has 0 aromatic heterocycles. The standard InChI is InChI=1S/C12H10Si/c1-3-7-11(8-4-1)13-12-9-5-2-6-10-12/h1-10H. The number of hydrogen-bond acceptors (Lipinski definition) is 0. The lowest BCUT2D eigenvalue weighted by atomic mass is 10.4. The largest absolute Gasteiger partial charge is 0.121 e. The number of benzene rings is 2. The molecule has 62 valence electrons. The molecular weight excluding hydrogens is 172 g/mol. The summed E-state index contributed by atoms with van der Waals surface area (Å²) < 4.78 is 0. The van der Waals surface area contributed by atoms with Crippen molar-refractivity contribution in [1.82, 2.24) is 0 Å². The maximum atomic E-state index is 2.17. The highest BCUT2D eigenvalue weighted by Gasteiger charge is 1.94. The Morgan fingerprint density at radius 3 is 1.31 bits per heavy atom. The first-order valence-electron chi connectivity index (χ1n) is 4.32. The zero-order chi connectivity index (χ0) is 8.93. The third kappa shape index (κ3) is 2.29. The van der Waals surface area contributed by atoms with E-state index in [1.165, 1.54) is 10.4 Å². The topological polar surface area (TPSA) is 0 Å². The van der Waals surface area contributed by atoms with Crippen LogP contribution in [-0.2, 0) is 0 Å². The van der Waals surface area contributed by atoms with Crippen molar-refractivity contribution in [2.24, 2.45) is 0 Å². The van der Waals surface area contributed by atoms with Gasteiger partial charge in [-0.2, -0.15) is 0 Å². The third-order valence-electron chi connectivity index (χ3n) is 1.84. The van der Waals surface area contributed by atoms with Crippen LogP contribution in [0.3, 0.4) is 0 Å². The van der Waals surface area contributed by atoms with Gasteiger partial charge >= 0.3 is 0 Å². The summed E-state index contributed by atoms with van der Waals surface area (Å²) in [6.45, 7) is 0. The second-order valence-corrected chi connectivity index (χ2v) is 4.26. The highest BCUT2D eigenvalue weighted by atomic mass is 28.2. The summed E-state index contributed by atoms with van der Waals surface area (Å²) in [4.78, 5) is 0. The van der Waals surface area contributed by atoms with Gasteiger partial charge in [0, 0.05) is 0 Å². The van der Waals surface area contributed by atoms with Crippen molar-refractivity contribution in [2.75, 3.05) is 0 Å². The van der Waals surface area contributed by atoms with Crippen molar-refractivity contribution in [3.05, 3.63) is 60.7 Å². The smallest absolute Gasteiger partial charge is 0.0631 e. The van der Waals surface area contributed by atoms with Crippen LogP contribution in [0.5, 0.6) is 0 Å². The molecule has 0 saturated carbocycles. The van der Waals surface area contributed by atoms with Gasteiger partial charge in [-0.25, -0.2) is 0 Å². The first-order valence-corrected chi connectivity index (χ1v) is 5.32. The Bertz CT molecular complexity index is 316. The van der Waals surface area contributed by atoms with Crippen LogP contribution < -0.4 is 10.4 Å². The van der Waals surface area contributed by atoms with Crippen molar-refractivity contribution in [3.8, 4) is 0 Å². The highest BCUT2D eigenvalue weighted by Crippen LogP contribution is 1.84. The van der Waals surface area contributed by atoms with Crippen LogP contribution in [0.2, 0.25) is 0 Å². The molecule has 0 N–H and O–H groups in total. The van der Waals surface area contributed by atoms with Gasteiger partial charge in [0.1, 0.15) is 9.52 Å². The Labute approximate surface area is 81.1 Å². The molecule has 0 fully saturated rings. The molecule has 0 heterocycles. The predicted molar refractivity (Wildman–Crippen MR) is 57.9 cm³/mol. The first-order chi connectivity index (χ1) is 6.45. The summed E-state index contributed by atoms with van der Waals surface area (Å²) in [5.74, 6) is 0. The van der Waals surface area contributed by atoms with Crippen molar-refractivity contribution >= 4 is 19.9 Å². The minimum Gasteiger partial charge on any atom is -0.0631 e. The van der Waals surface area contributed by atoms with E-state index in [9.17, 15) is 0 Å². The molecule has 0 spiro atoms. The lowest BCUT2D eigenvalue weighted by molar-refractivity contribution is 1.75. The minimum absolute atomic E-state index is 0.777. The van der Waals surface area contributed by atoms with Gasteiger partial charge in [-0.3, -0.25) is 0 Å². The second-order valence-electron chi connectivity index (χ2n) is 2.86. The Kier molecular flexibility index (Phi) is 2.58. The molecule has 0 atom stereocenters. The fourth-order valence-electron chi connectivity index (χ4n) is 1.21. The Hall–Kier alpha value is -1.34. The van der Waals surface area contributed by atoms with E-state index in [4.69, 9.17) is 0 Å². The number of hydrogen-bond donors (Lipinski definition) is 0. The van der Waals surface area contributed by atoms with E-state index in [2.05, 4.69) is 60.7 Å². The predicted octanol–water partition coefficient (Wildman–Crippen LogP) is 1.34. The SMILES string of the molecule is c1ccc([Si]c2ccccc2)cc1. The monoisotopic (exact) mass is 182 g/mol. The van der Waals surface area contributed by atoms with Crippen molar-refractivity contribution in [2.45, 2.75) is 0 Å². The Balaban J connectivity index is 2.16. The maximum absolute atomic E-state index is 2.17. The van der Waals surface area contributed by atoms with Gasteiger partial charge in [0.25, 0.3) is 0 Å². The number of rotatable bonds is 2. The maximum Gasteiger partial charge on any atom is 0.121 e. The van der Waals surface area contributed by atoms with E-state index in [-0.39, 0.29) is 0 Å². The summed E-state index contributed by atoms with van der Waals surface area (Å²) in [5, 5.41) is 2.79. The lowest BCUT2D eigenvalue weighted by Crippen LogP contribution is -2.26. The van der Waals surface area contributed by atoms with Crippen LogP contribution in [0, 0.1) is 0 Å². The average Bonchev–Trinajstić information content (AvgIpc) is 2.21. The van der Waals surface area contributed by atoms with E-state index in [0.717, 1.165) is 9.52 Å². The van der Waals surface area contributed by atoms with E-state index < -0.39 is 0 Å². The molecule has 2 aromatic rings. The van der Waals surface area contributed by atoms with Gasteiger partial charge in [0.05, 0.1) is 0 Å². The Morgan fingerprint density at radius 2 is 0.923 bits per heavy atom. The highest BCUT2D eigenvalue weighted by molar-refractivity contribution is 6.67. The molecule has 0 unspecified atom stereocenters. The zero-order valence-corrected chi connectivity index (χ0v) is 8.27. The fraction of sp³-hybridized carbons (Fsp3) is 0. The first kappa shape index (κ1) is 8.26. The third-order valence-corrected chi connectivity index (χ3v) is 3.08. The van der Waals surface area contributed by atoms with Gasteiger partial charge in [0.15, 0.2) is 0 Å². The van der Waals surface area contributed by atoms with Crippen LogP contribution in [0.1, 0.15) is 0 Å². The molecule has 0 bridgehead atoms. The van der Waals surface area contributed by atoms with E-state index >= 15 is 0 Å². The molecule has 2 aromatic carbocycles. The minimum atomic E-state index is 0.777. The molecule has 2 radical (unpaired) electrons. The van der Waals surface area contributed by atoms with E-state index in [1.807, 2.05) is 0 Å². The lowest BCUT2D eigenvalue weighted by Gasteiger charge is -1.98. The average molecular weight is 182 g/mol. The zero-order valence-electron chi connectivity index (χ0n) is 7.27. The fourth-order valence-corrected chi connectivity index (χ4v) is 2.26. The molecule has 0 saturated heterocycles. The van der Waals surface area contributed by atoms with Gasteiger partial charge in [-0.1, -0.05) is 71.0 Å². The van der Waals surface area contributed by atoms with Crippen molar-refractivity contribution in [1.29, 1.82) is 0 Å². The summed E-state index contributed by atoms with van der Waals surface area (Å²) in [6.07, 6.45) is 0. The van der Waals surface area contributed by atoms with Crippen molar-refractivity contribution in [3.63, 3.8) is 0 Å². The van der Waals surface area contributed by atoms with Gasteiger partial charge < -0.3 is 0 Å². The second kappa shape index (κ2) is 4.05. The summed E-state index contributed by atoms with van der Waals surface area (Å²) >= 11 is 0. The van der Waals surface area contributed by atoms with Crippen molar-refractivity contribution < 1.29 is 0 Å². The quantitative estimate of drug-likeness (QED) is 0.615. The van der Waals surface area contributed by atoms with Crippen LogP contribution in [0.25, 0.3) is 0 Å². The molecule has 2 rings (SSSR count). The van der Waals surface area contributed by atoms with E-state index in [0.29, 0.717) is 0 Å². The molecule has 0 amide bonds. The van der Waals surface area contributed by atoms with Crippen LogP contribution in [-0.4, -0.2) is 9.52 Å². The van der Waals surface area contributed by atoms with Gasteiger partial charge in [0.2, 0.25) is 0 Å². The summed E-state index contributed by atoms with van der Waals surface area (Å²) in [5.41, 5.74) is 0. The van der Waals surface area contributed by atoms with Crippen LogP contribution >= 0.6 is 0 Å². The molecule has 0 aliphatic rings. The molecule has 0 aliphatic carbocycles. The van der Waals surface area contributed by atoms with Crippen LogP contribution in [0.4, 0.5) is 0 Å². The van der Waals surface area contributed by atoms with Gasteiger partial charge in [-0.05, 0) is 0 Å². The normalized spacial score (nSPS) is 9.85. The van der Waals surface area contributed by atoms with Gasteiger partial charge in [-0.15, -0.1) is 0 Å². The van der Waals surface area contributed by atoms with E-state index in [1.54, 1.807) is 0 Å². The van der Waals surface area contributed by atoms with Crippen LogP contribution in [0.15, 0.2) is 60.7 Å². The Morgan fingerprint density at radius 1 is 0.538 bits per heavy atom. The summed E-state index contributed by atoms with van der Waals surface area (Å²) in [7, 11) is 0.777. The molecule has 13 heavy (non-hydrogen) atoms.